The maximum atomic E-state index is 2.55. The first-order valence-corrected chi connectivity index (χ1v) is 43.6. The van der Waals surface area contributed by atoms with E-state index in [0.717, 1.165) is 34.1 Å². The average molecular weight is 1570 g/mol. The molecule has 0 N–H and O–H groups in total. The standard InChI is InChI=1S/C116H80N2S2/c1-113(2)99-45-19-14-36-90(99)95-42-24-40-86(110(95)113)74-54-60-80(61-55-74)117(82-66-69-107-98(70-82)94-38-18-23-50-106(94)119-107)83-64-67-92-89-35-17-22-48-102(89)116(103(92)71-83,78-32-12-7-13-33-78)79-58-52-73(53-59-79)85-39-27-51-108-109(85)97-44-26-49-105(112(97)120-108)118(81-62-56-75(57-63-81)87-41-25-43-96-91-37-15-20-46-100(91)114(3,4)111(87)96)84-65-68-93-88-34-16-21-47-101(88)115(104(93)72-84,76-28-8-5-9-29-76)77-30-10-6-11-31-77/h5-72H,1-4H3. The van der Waals surface area contributed by atoms with Crippen molar-refractivity contribution in [2.45, 2.75) is 49.4 Å². The second kappa shape index (κ2) is 26.8. The van der Waals surface area contributed by atoms with Crippen molar-refractivity contribution < 1.29 is 0 Å². The van der Waals surface area contributed by atoms with Gasteiger partial charge in [-0.1, -0.05) is 355 Å². The van der Waals surface area contributed by atoms with Crippen LogP contribution in [0.1, 0.15) is 94.5 Å². The highest BCUT2D eigenvalue weighted by molar-refractivity contribution is 7.26. The van der Waals surface area contributed by atoms with E-state index in [4.69, 9.17) is 0 Å². The van der Waals surface area contributed by atoms with Crippen molar-refractivity contribution >= 4 is 97.1 Å². The number of benzene rings is 18. The smallest absolute Gasteiger partial charge is 0.0714 e. The monoisotopic (exact) mass is 1560 g/mol. The molecule has 20 aromatic rings. The summed E-state index contributed by atoms with van der Waals surface area (Å²) in [5.41, 5.74) is 38.1. The zero-order valence-electron chi connectivity index (χ0n) is 67.0. The lowest BCUT2D eigenvalue weighted by atomic mass is 9.67. The number of anilines is 6. The molecule has 0 saturated heterocycles. The number of hydrogen-bond donors (Lipinski definition) is 0. The lowest BCUT2D eigenvalue weighted by Crippen LogP contribution is -2.28. The Labute approximate surface area is 708 Å². The van der Waals surface area contributed by atoms with E-state index in [1.165, 1.54) is 185 Å². The Bertz CT molecular complexity index is 7540. The van der Waals surface area contributed by atoms with Crippen LogP contribution in [-0.4, -0.2) is 0 Å². The third kappa shape index (κ3) is 10.1. The Kier molecular flexibility index (Phi) is 15.7. The number of hydrogen-bond acceptors (Lipinski definition) is 4. The van der Waals surface area contributed by atoms with Gasteiger partial charge in [0.25, 0.3) is 0 Å². The maximum absolute atomic E-state index is 2.55. The van der Waals surface area contributed by atoms with Crippen molar-refractivity contribution in [3.8, 4) is 77.9 Å². The van der Waals surface area contributed by atoms with Gasteiger partial charge < -0.3 is 9.80 Å². The molecule has 0 saturated carbocycles. The van der Waals surface area contributed by atoms with Gasteiger partial charge >= 0.3 is 0 Å². The molecule has 0 bridgehead atoms. The van der Waals surface area contributed by atoms with E-state index in [-0.39, 0.29) is 10.8 Å². The zero-order chi connectivity index (χ0) is 79.7. The van der Waals surface area contributed by atoms with Crippen molar-refractivity contribution in [1.29, 1.82) is 0 Å². The van der Waals surface area contributed by atoms with E-state index in [9.17, 15) is 0 Å². The summed E-state index contributed by atoms with van der Waals surface area (Å²) in [5, 5.41) is 5.02. The summed E-state index contributed by atoms with van der Waals surface area (Å²) >= 11 is 3.76. The van der Waals surface area contributed by atoms with E-state index in [2.05, 4.69) is 450 Å². The van der Waals surface area contributed by atoms with E-state index < -0.39 is 10.8 Å². The van der Waals surface area contributed by atoms with Crippen molar-refractivity contribution in [1.82, 2.24) is 0 Å². The highest BCUT2D eigenvalue weighted by Crippen LogP contribution is 2.62. The summed E-state index contributed by atoms with van der Waals surface area (Å²) in [4.78, 5) is 5.05. The van der Waals surface area contributed by atoms with Gasteiger partial charge in [0.15, 0.2) is 0 Å². The minimum atomic E-state index is -0.702. The predicted octanol–water partition coefficient (Wildman–Crippen LogP) is 31.7. The van der Waals surface area contributed by atoms with Crippen molar-refractivity contribution in [2.75, 3.05) is 9.80 Å². The van der Waals surface area contributed by atoms with Gasteiger partial charge in [-0.2, -0.15) is 0 Å². The van der Waals surface area contributed by atoms with Crippen molar-refractivity contribution in [2.24, 2.45) is 0 Å². The highest BCUT2D eigenvalue weighted by Gasteiger charge is 2.49. The molecule has 1 atom stereocenters. The van der Waals surface area contributed by atoms with Crippen LogP contribution in [0.2, 0.25) is 0 Å². The fourth-order valence-electron chi connectivity index (χ4n) is 22.1. The predicted molar refractivity (Wildman–Crippen MR) is 508 cm³/mol. The van der Waals surface area contributed by atoms with Crippen molar-refractivity contribution in [3.05, 3.63) is 479 Å². The molecule has 4 aliphatic rings. The molecule has 0 radical (unpaired) electrons. The molecule has 0 spiro atoms. The number of nitrogens with zero attached hydrogens (tertiary/aromatic N) is 2. The summed E-state index contributed by atoms with van der Waals surface area (Å²) in [6.45, 7) is 9.56. The third-order valence-corrected chi connectivity index (χ3v) is 29.6. The van der Waals surface area contributed by atoms with Gasteiger partial charge in [-0.3, -0.25) is 0 Å². The van der Waals surface area contributed by atoms with Crippen LogP contribution >= 0.6 is 22.7 Å². The molecule has 566 valence electrons. The van der Waals surface area contributed by atoms with E-state index >= 15 is 0 Å². The minimum Gasteiger partial charge on any atom is -0.310 e. The molecule has 2 heterocycles. The Balaban J connectivity index is 0.656. The molecule has 2 nitrogen and oxygen atoms in total. The molecule has 0 amide bonds. The largest absolute Gasteiger partial charge is 0.310 e. The van der Waals surface area contributed by atoms with Crippen LogP contribution in [0.4, 0.5) is 34.1 Å². The number of fused-ring (bicyclic) bond motifs is 18. The lowest BCUT2D eigenvalue weighted by Gasteiger charge is -2.35. The quantitative estimate of drug-likeness (QED) is 0.114. The summed E-state index contributed by atoms with van der Waals surface area (Å²) in [5.74, 6) is 0. The van der Waals surface area contributed by atoms with E-state index in [1.54, 1.807) is 0 Å². The topological polar surface area (TPSA) is 6.48 Å². The molecule has 18 aromatic carbocycles. The van der Waals surface area contributed by atoms with E-state index in [1.807, 2.05) is 22.7 Å². The summed E-state index contributed by atoms with van der Waals surface area (Å²) in [7, 11) is 0. The Hall–Kier alpha value is -14.0. The highest BCUT2D eigenvalue weighted by atomic mass is 32.1. The molecule has 24 rings (SSSR count). The van der Waals surface area contributed by atoms with Crippen LogP contribution < -0.4 is 9.80 Å². The Morgan fingerprint density at radius 2 is 0.558 bits per heavy atom. The number of thiophene rings is 2. The molecular formula is C116H80N2S2. The van der Waals surface area contributed by atoms with Gasteiger partial charge in [0.2, 0.25) is 0 Å². The second-order valence-corrected chi connectivity index (χ2v) is 36.1. The van der Waals surface area contributed by atoms with Crippen LogP contribution in [0.15, 0.2) is 413 Å². The fraction of sp³-hybridized carbons (Fsp3) is 0.0690. The summed E-state index contributed by atoms with van der Waals surface area (Å²) in [6, 6.07) is 157. The van der Waals surface area contributed by atoms with Gasteiger partial charge in [-0.15, -0.1) is 22.7 Å². The second-order valence-electron chi connectivity index (χ2n) is 34.0. The normalized spacial score (nSPS) is 15.1. The first-order valence-electron chi connectivity index (χ1n) is 41.9. The molecule has 4 heteroatoms. The molecule has 2 aromatic heterocycles. The first-order chi connectivity index (χ1) is 59.0. The molecule has 4 aliphatic carbocycles. The van der Waals surface area contributed by atoms with Crippen molar-refractivity contribution in [3.63, 3.8) is 0 Å². The first kappa shape index (κ1) is 70.2. The van der Waals surface area contributed by atoms with Crippen LogP contribution in [0.5, 0.6) is 0 Å². The zero-order valence-corrected chi connectivity index (χ0v) is 68.6. The van der Waals surface area contributed by atoms with Gasteiger partial charge in [-0.25, -0.2) is 0 Å². The van der Waals surface area contributed by atoms with Crippen LogP contribution in [0.3, 0.4) is 0 Å². The third-order valence-electron chi connectivity index (χ3n) is 27.2. The average Bonchev–Trinajstić information content (AvgIpc) is 1.53. The molecule has 120 heavy (non-hydrogen) atoms. The van der Waals surface area contributed by atoms with Gasteiger partial charge in [0, 0.05) is 74.9 Å². The SMILES string of the molecule is CC1(C)c2ccccc2-c2cccc(-c3ccc(N(c4ccc5c(c4)C(c4ccccc4)(c4ccc(-c6cccc7sc8c(N(c9ccc(-c%10cccc%11c%10C(C)(C)c%10ccccc%10-%11)cc9)c9ccc%10c(c9)C(c9ccccc9)(c9ccccc9)c9ccccc9-%10)cccc8c67)cc4)c4ccccc4-5)c4ccc5sc6ccccc6c5c4)cc3)c21. The molecule has 1 unspecified atom stereocenters. The summed E-state index contributed by atoms with van der Waals surface area (Å²) < 4.78 is 5.04. The lowest BCUT2D eigenvalue weighted by molar-refractivity contribution is 0.662. The maximum Gasteiger partial charge on any atom is 0.0714 e. The molecular weight excluding hydrogens is 1490 g/mol. The van der Waals surface area contributed by atoms with Crippen LogP contribution in [0.25, 0.3) is 118 Å². The van der Waals surface area contributed by atoms with Gasteiger partial charge in [0.05, 0.1) is 21.2 Å². The van der Waals surface area contributed by atoms with Crippen LogP contribution in [-0.2, 0) is 21.7 Å². The molecule has 0 fully saturated rings. The van der Waals surface area contributed by atoms with Crippen LogP contribution in [0, 0.1) is 0 Å². The summed E-state index contributed by atoms with van der Waals surface area (Å²) in [6.07, 6.45) is 0. The Morgan fingerprint density at radius 3 is 1.10 bits per heavy atom. The fourth-order valence-corrected chi connectivity index (χ4v) is 24.4. The van der Waals surface area contributed by atoms with Gasteiger partial charge in [0.1, 0.15) is 0 Å². The van der Waals surface area contributed by atoms with Gasteiger partial charge in [-0.05, 0) is 230 Å². The molecule has 0 aliphatic heterocycles. The van der Waals surface area contributed by atoms with E-state index in [0.29, 0.717) is 0 Å². The minimum absolute atomic E-state index is 0.157. The number of rotatable bonds is 13. The Morgan fingerprint density at radius 1 is 0.208 bits per heavy atom.